The number of hydrogen-bond acceptors (Lipinski definition) is 7. The molecule has 1 heterocycles. The number of nitrogens with one attached hydrogen (secondary N) is 3. The summed E-state index contributed by atoms with van der Waals surface area (Å²) in [6, 6.07) is 2.69. The number of aromatic amines is 1. The quantitative estimate of drug-likeness (QED) is 0.0940. The van der Waals surface area contributed by atoms with E-state index in [-0.39, 0.29) is 31.0 Å². The molecule has 13 nitrogen and oxygen atoms in total. The molecule has 3 atom stereocenters. The number of nitrogens with two attached hydrogens (primary N) is 3. The first-order chi connectivity index (χ1) is 16.2. The average Bonchev–Trinajstić information content (AvgIpc) is 3.29. The van der Waals surface area contributed by atoms with E-state index in [2.05, 4.69) is 25.6 Å². The minimum atomic E-state index is -1.26. The van der Waals surface area contributed by atoms with E-state index in [9.17, 15) is 24.6 Å². The molecule has 11 N–H and O–H groups in total. The third-order valence-electron chi connectivity index (χ3n) is 4.91. The number of rotatable bonds is 13. The lowest BCUT2D eigenvalue weighted by Crippen LogP contribution is -2.55. The van der Waals surface area contributed by atoms with Gasteiger partial charge in [0, 0.05) is 31.3 Å². The molecule has 13 heteroatoms. The lowest BCUT2D eigenvalue weighted by Gasteiger charge is -2.22. The molecular weight excluding hydrogens is 444 g/mol. The van der Waals surface area contributed by atoms with Gasteiger partial charge in [-0.3, -0.25) is 14.6 Å². The number of imidazole rings is 1. The molecule has 0 saturated heterocycles. The molecule has 1 aromatic carbocycles. The smallest absolute Gasteiger partial charge is 0.326 e. The number of phenolic OH excluding ortho intramolecular Hbond substituents is 1. The van der Waals surface area contributed by atoms with E-state index in [0.29, 0.717) is 24.2 Å². The molecule has 2 amide bonds. The van der Waals surface area contributed by atoms with Crippen molar-refractivity contribution in [1.82, 2.24) is 20.6 Å². The number of carboxylic acid groups (broad SMARTS) is 1. The Morgan fingerprint density at radius 2 is 1.74 bits per heavy atom. The minimum absolute atomic E-state index is 0.0175. The highest BCUT2D eigenvalue weighted by Gasteiger charge is 2.28. The normalized spacial score (nSPS) is 13.3. The zero-order valence-electron chi connectivity index (χ0n) is 18.5. The van der Waals surface area contributed by atoms with Gasteiger partial charge in [-0.25, -0.2) is 9.78 Å². The highest BCUT2D eigenvalue weighted by atomic mass is 16.4. The standard InChI is InChI=1S/C21H30N8O5/c22-15(2-1-7-26-21(23)24)18(31)28-16(9-13-10-25-11-27-13)19(32)29-17(20(33)34)8-12-3-5-14(30)6-4-12/h3-6,10-11,15-17,30H,1-2,7-9,22H2,(H,25,27)(H,28,31)(H,29,32)(H,33,34)(H4,23,24,26). The average molecular weight is 475 g/mol. The largest absolute Gasteiger partial charge is 0.508 e. The Balaban J connectivity index is 2.06. The Hall–Kier alpha value is -4.13. The zero-order chi connectivity index (χ0) is 25.1. The number of carboxylic acids is 1. The molecule has 0 spiro atoms. The van der Waals surface area contributed by atoms with E-state index in [4.69, 9.17) is 17.2 Å². The van der Waals surface area contributed by atoms with Gasteiger partial charge < -0.3 is 43.0 Å². The van der Waals surface area contributed by atoms with Gasteiger partial charge in [0.2, 0.25) is 11.8 Å². The predicted molar refractivity (Wildman–Crippen MR) is 123 cm³/mol. The highest BCUT2D eigenvalue weighted by molar-refractivity contribution is 5.92. The van der Waals surface area contributed by atoms with Gasteiger partial charge in [-0.1, -0.05) is 12.1 Å². The summed E-state index contributed by atoms with van der Waals surface area (Å²) >= 11 is 0. The molecule has 0 bridgehead atoms. The molecule has 3 unspecified atom stereocenters. The SMILES string of the molecule is NC(N)=NCCCC(N)C(=O)NC(Cc1cnc[nH]1)C(=O)NC(Cc1ccc(O)cc1)C(=O)O. The number of guanidine groups is 1. The summed E-state index contributed by atoms with van der Waals surface area (Å²) in [5.74, 6) is -2.53. The summed E-state index contributed by atoms with van der Waals surface area (Å²) < 4.78 is 0. The van der Waals surface area contributed by atoms with Crippen molar-refractivity contribution in [1.29, 1.82) is 0 Å². The van der Waals surface area contributed by atoms with Gasteiger partial charge in [0.25, 0.3) is 0 Å². The van der Waals surface area contributed by atoms with E-state index >= 15 is 0 Å². The number of carbonyl (C=O) groups excluding carboxylic acids is 2. The van der Waals surface area contributed by atoms with Crippen molar-refractivity contribution in [2.24, 2.45) is 22.2 Å². The van der Waals surface area contributed by atoms with Crippen molar-refractivity contribution in [3.63, 3.8) is 0 Å². The highest BCUT2D eigenvalue weighted by Crippen LogP contribution is 2.12. The number of hydrogen-bond donors (Lipinski definition) is 8. The third-order valence-corrected chi connectivity index (χ3v) is 4.91. The number of aromatic hydroxyl groups is 1. The van der Waals surface area contributed by atoms with E-state index in [1.807, 2.05) is 0 Å². The topological polar surface area (TPSA) is 235 Å². The molecule has 0 radical (unpaired) electrons. The zero-order valence-corrected chi connectivity index (χ0v) is 18.5. The maximum atomic E-state index is 13.0. The van der Waals surface area contributed by atoms with Crippen LogP contribution in [-0.4, -0.2) is 68.6 Å². The van der Waals surface area contributed by atoms with E-state index in [0.717, 1.165) is 0 Å². The van der Waals surface area contributed by atoms with Crippen molar-refractivity contribution in [2.45, 2.75) is 43.8 Å². The second-order valence-corrected chi connectivity index (χ2v) is 7.67. The van der Waals surface area contributed by atoms with Gasteiger partial charge in [0.1, 0.15) is 17.8 Å². The van der Waals surface area contributed by atoms with E-state index in [1.165, 1.54) is 24.7 Å². The molecule has 184 valence electrons. The Morgan fingerprint density at radius 3 is 2.32 bits per heavy atom. The maximum absolute atomic E-state index is 13.0. The lowest BCUT2D eigenvalue weighted by molar-refractivity contribution is -0.142. The van der Waals surface area contributed by atoms with Crippen LogP contribution in [0.25, 0.3) is 0 Å². The van der Waals surface area contributed by atoms with Crippen LogP contribution in [-0.2, 0) is 27.2 Å². The van der Waals surface area contributed by atoms with Crippen molar-refractivity contribution in [3.05, 3.63) is 48.0 Å². The van der Waals surface area contributed by atoms with Crippen LogP contribution < -0.4 is 27.8 Å². The Morgan fingerprint density at radius 1 is 1.06 bits per heavy atom. The first-order valence-corrected chi connectivity index (χ1v) is 10.6. The Bertz CT molecular complexity index is 974. The Labute approximate surface area is 195 Å². The summed E-state index contributed by atoms with van der Waals surface area (Å²) in [5.41, 5.74) is 17.6. The van der Waals surface area contributed by atoms with Crippen molar-refractivity contribution in [2.75, 3.05) is 6.54 Å². The third kappa shape index (κ3) is 8.78. The summed E-state index contributed by atoms with van der Waals surface area (Å²) in [6.45, 7) is 0.304. The first-order valence-electron chi connectivity index (χ1n) is 10.6. The summed E-state index contributed by atoms with van der Waals surface area (Å²) in [4.78, 5) is 47.9. The second-order valence-electron chi connectivity index (χ2n) is 7.67. The number of H-pyrrole nitrogens is 1. The number of aromatic nitrogens is 2. The number of aliphatic imine (C=N–C) groups is 1. The second kappa shape index (κ2) is 12.8. The van der Waals surface area contributed by atoms with E-state index in [1.54, 1.807) is 12.1 Å². The van der Waals surface area contributed by atoms with Crippen LogP contribution in [0.15, 0.2) is 41.8 Å². The van der Waals surface area contributed by atoms with Crippen molar-refractivity contribution < 1.29 is 24.6 Å². The molecule has 0 saturated carbocycles. The van der Waals surface area contributed by atoms with Gasteiger partial charge >= 0.3 is 5.97 Å². The Kier molecular flexibility index (Phi) is 9.83. The van der Waals surface area contributed by atoms with Gasteiger partial charge in [-0.15, -0.1) is 0 Å². The van der Waals surface area contributed by atoms with Crippen LogP contribution in [0.2, 0.25) is 0 Å². The fourth-order valence-electron chi connectivity index (χ4n) is 3.09. The van der Waals surface area contributed by atoms with E-state index < -0.39 is 35.9 Å². The van der Waals surface area contributed by atoms with Gasteiger partial charge in [0.15, 0.2) is 5.96 Å². The number of amides is 2. The number of nitrogens with zero attached hydrogens (tertiary/aromatic N) is 2. The first kappa shape index (κ1) is 26.1. The number of aliphatic carboxylic acids is 1. The van der Waals surface area contributed by atoms with Crippen LogP contribution in [0.3, 0.4) is 0 Å². The van der Waals surface area contributed by atoms with Crippen molar-refractivity contribution in [3.8, 4) is 5.75 Å². The number of benzene rings is 1. The lowest BCUT2D eigenvalue weighted by atomic mass is 10.0. The molecule has 0 aliphatic rings. The van der Waals surface area contributed by atoms with Crippen molar-refractivity contribution >= 4 is 23.7 Å². The fourth-order valence-corrected chi connectivity index (χ4v) is 3.09. The summed E-state index contributed by atoms with van der Waals surface area (Å²) in [7, 11) is 0. The summed E-state index contributed by atoms with van der Waals surface area (Å²) in [6.07, 6.45) is 3.68. The number of phenols is 1. The summed E-state index contributed by atoms with van der Waals surface area (Å²) in [5, 5.41) is 24.0. The molecule has 2 rings (SSSR count). The van der Waals surface area contributed by atoms with Gasteiger partial charge in [0.05, 0.1) is 12.4 Å². The molecule has 1 aromatic heterocycles. The molecule has 0 aliphatic carbocycles. The monoisotopic (exact) mass is 474 g/mol. The minimum Gasteiger partial charge on any atom is -0.508 e. The van der Waals surface area contributed by atoms with Crippen LogP contribution in [0.1, 0.15) is 24.1 Å². The molecule has 0 aliphatic heterocycles. The van der Waals surface area contributed by atoms with Gasteiger partial charge in [-0.05, 0) is 30.5 Å². The maximum Gasteiger partial charge on any atom is 0.326 e. The van der Waals surface area contributed by atoms with Gasteiger partial charge in [-0.2, -0.15) is 0 Å². The van der Waals surface area contributed by atoms with Crippen LogP contribution in [0.4, 0.5) is 0 Å². The fraction of sp³-hybridized carbons (Fsp3) is 0.381. The molecular formula is C21H30N8O5. The van der Waals surface area contributed by atoms with Crippen LogP contribution in [0.5, 0.6) is 5.75 Å². The number of carbonyl (C=O) groups is 3. The molecule has 2 aromatic rings. The predicted octanol–water partition coefficient (Wildman–Crippen LogP) is -1.66. The molecule has 34 heavy (non-hydrogen) atoms. The van der Waals surface area contributed by atoms with Crippen LogP contribution in [0, 0.1) is 0 Å². The molecule has 0 fully saturated rings. The van der Waals surface area contributed by atoms with Crippen LogP contribution >= 0.6 is 0 Å².